The Morgan fingerprint density at radius 2 is 1.71 bits per heavy atom. The molecule has 0 radical (unpaired) electrons. The number of thioether (sulfide) groups is 1. The van der Waals surface area contributed by atoms with Gasteiger partial charge in [0.15, 0.2) is 11.0 Å². The molecule has 7 nitrogen and oxygen atoms in total. The van der Waals surface area contributed by atoms with Crippen LogP contribution in [0.5, 0.6) is 0 Å². The Morgan fingerprint density at radius 1 is 1.00 bits per heavy atom. The summed E-state index contributed by atoms with van der Waals surface area (Å²) in [6.45, 7) is 4.07. The molecular formula is C23H28N4O3S. The van der Waals surface area contributed by atoms with Crippen molar-refractivity contribution in [3.05, 3.63) is 60.2 Å². The lowest BCUT2D eigenvalue weighted by atomic mass is 10.2. The predicted octanol–water partition coefficient (Wildman–Crippen LogP) is 3.46. The third-order valence-corrected chi connectivity index (χ3v) is 5.65. The van der Waals surface area contributed by atoms with Crippen LogP contribution in [-0.2, 0) is 14.3 Å². The van der Waals surface area contributed by atoms with Crippen LogP contribution in [0.3, 0.4) is 0 Å². The highest BCUT2D eigenvalue weighted by molar-refractivity contribution is 7.99. The zero-order chi connectivity index (χ0) is 22.1. The molecule has 0 aliphatic heterocycles. The van der Waals surface area contributed by atoms with Gasteiger partial charge in [0.25, 0.3) is 0 Å². The number of amides is 1. The van der Waals surface area contributed by atoms with Gasteiger partial charge in [-0.15, -0.1) is 10.2 Å². The first-order chi connectivity index (χ1) is 15.1. The van der Waals surface area contributed by atoms with Crippen molar-refractivity contribution in [3.63, 3.8) is 0 Å². The third kappa shape index (κ3) is 6.16. The first-order valence-corrected chi connectivity index (χ1v) is 11.1. The monoisotopic (exact) mass is 440 g/mol. The van der Waals surface area contributed by atoms with E-state index in [-0.39, 0.29) is 11.7 Å². The molecule has 0 N–H and O–H groups in total. The van der Waals surface area contributed by atoms with Gasteiger partial charge in [-0.1, -0.05) is 54.2 Å². The molecule has 1 amide bonds. The van der Waals surface area contributed by atoms with Crippen LogP contribution in [-0.4, -0.2) is 71.8 Å². The second-order valence-electron chi connectivity index (χ2n) is 7.00. The lowest BCUT2D eigenvalue weighted by Crippen LogP contribution is -2.37. The minimum atomic E-state index is 0.0131. The van der Waals surface area contributed by atoms with E-state index in [4.69, 9.17) is 9.47 Å². The van der Waals surface area contributed by atoms with E-state index in [9.17, 15) is 4.79 Å². The number of aromatic nitrogens is 3. The molecule has 0 atom stereocenters. The molecule has 0 bridgehead atoms. The van der Waals surface area contributed by atoms with Gasteiger partial charge in [-0.25, -0.2) is 0 Å². The van der Waals surface area contributed by atoms with Crippen molar-refractivity contribution in [2.24, 2.45) is 0 Å². The summed E-state index contributed by atoms with van der Waals surface area (Å²) in [6.07, 6.45) is 0. The van der Waals surface area contributed by atoms with Crippen molar-refractivity contribution < 1.29 is 14.3 Å². The van der Waals surface area contributed by atoms with Crippen molar-refractivity contribution in [2.45, 2.75) is 12.1 Å². The molecule has 0 spiro atoms. The molecule has 0 fully saturated rings. The molecule has 0 aliphatic carbocycles. The van der Waals surface area contributed by atoms with Gasteiger partial charge in [-0.3, -0.25) is 9.36 Å². The van der Waals surface area contributed by atoms with E-state index in [1.807, 2.05) is 47.0 Å². The van der Waals surface area contributed by atoms with Crippen molar-refractivity contribution >= 4 is 17.7 Å². The highest BCUT2D eigenvalue weighted by Crippen LogP contribution is 2.28. The predicted molar refractivity (Wildman–Crippen MR) is 123 cm³/mol. The Labute approximate surface area is 187 Å². The fourth-order valence-electron chi connectivity index (χ4n) is 3.12. The van der Waals surface area contributed by atoms with Crippen LogP contribution in [0.1, 0.15) is 5.56 Å². The summed E-state index contributed by atoms with van der Waals surface area (Å²) in [5.74, 6) is 1.02. The molecule has 2 aromatic carbocycles. The summed E-state index contributed by atoms with van der Waals surface area (Å²) in [6, 6.07) is 18.1. The Bertz CT molecular complexity index is 970. The highest BCUT2D eigenvalue weighted by Gasteiger charge is 2.19. The van der Waals surface area contributed by atoms with Crippen LogP contribution >= 0.6 is 11.8 Å². The molecule has 8 heteroatoms. The van der Waals surface area contributed by atoms with Crippen molar-refractivity contribution in [1.29, 1.82) is 0 Å². The van der Waals surface area contributed by atoms with Gasteiger partial charge >= 0.3 is 0 Å². The van der Waals surface area contributed by atoms with Crippen LogP contribution in [0.25, 0.3) is 17.1 Å². The number of carbonyl (C=O) groups excluding carboxylic acids is 1. The number of benzene rings is 2. The van der Waals surface area contributed by atoms with Crippen LogP contribution in [0.2, 0.25) is 0 Å². The average molecular weight is 441 g/mol. The molecule has 0 aliphatic rings. The molecule has 0 saturated heterocycles. The largest absolute Gasteiger partial charge is 0.383 e. The molecule has 1 heterocycles. The number of ether oxygens (including phenoxy) is 2. The van der Waals surface area contributed by atoms with Gasteiger partial charge in [-0.2, -0.15) is 0 Å². The van der Waals surface area contributed by atoms with Crippen molar-refractivity contribution in [2.75, 3.05) is 46.3 Å². The smallest absolute Gasteiger partial charge is 0.233 e. The molecule has 164 valence electrons. The van der Waals surface area contributed by atoms with Gasteiger partial charge < -0.3 is 14.4 Å². The van der Waals surface area contributed by atoms with Gasteiger partial charge in [0, 0.05) is 38.6 Å². The fourth-order valence-corrected chi connectivity index (χ4v) is 3.97. The number of hydrogen-bond donors (Lipinski definition) is 0. The summed E-state index contributed by atoms with van der Waals surface area (Å²) in [7, 11) is 3.26. The number of methoxy groups -OCH3 is 2. The van der Waals surface area contributed by atoms with E-state index < -0.39 is 0 Å². The van der Waals surface area contributed by atoms with E-state index in [0.29, 0.717) is 31.5 Å². The first kappa shape index (κ1) is 23.0. The molecule has 3 rings (SSSR count). The van der Waals surface area contributed by atoms with Crippen LogP contribution < -0.4 is 0 Å². The van der Waals surface area contributed by atoms with Crippen molar-refractivity contribution in [3.8, 4) is 17.1 Å². The van der Waals surface area contributed by atoms with E-state index in [1.165, 1.54) is 11.8 Å². The molecule has 1 aromatic heterocycles. The normalized spacial score (nSPS) is 10.9. The zero-order valence-corrected chi connectivity index (χ0v) is 19.0. The second-order valence-corrected chi connectivity index (χ2v) is 7.94. The molecule has 31 heavy (non-hydrogen) atoms. The van der Waals surface area contributed by atoms with Gasteiger partial charge in [0.1, 0.15) is 0 Å². The average Bonchev–Trinajstić information content (AvgIpc) is 3.22. The lowest BCUT2D eigenvalue weighted by Gasteiger charge is -2.21. The van der Waals surface area contributed by atoms with Gasteiger partial charge in [0.2, 0.25) is 5.91 Å². The summed E-state index contributed by atoms with van der Waals surface area (Å²) in [4.78, 5) is 14.6. The SMILES string of the molecule is COCCN(CCOC)C(=O)CSc1nnc(-c2ccccc2)n1-c1cccc(C)c1. The number of rotatable bonds is 11. The summed E-state index contributed by atoms with van der Waals surface area (Å²) < 4.78 is 12.3. The van der Waals surface area contributed by atoms with Crippen LogP contribution in [0.15, 0.2) is 59.8 Å². The van der Waals surface area contributed by atoms with E-state index in [2.05, 4.69) is 29.3 Å². The third-order valence-electron chi connectivity index (χ3n) is 4.73. The summed E-state index contributed by atoms with van der Waals surface area (Å²) in [5.41, 5.74) is 3.08. The van der Waals surface area contributed by atoms with Gasteiger partial charge in [0.05, 0.1) is 19.0 Å². The molecular weight excluding hydrogens is 412 g/mol. The summed E-state index contributed by atoms with van der Waals surface area (Å²) in [5, 5.41) is 9.53. The Morgan fingerprint density at radius 3 is 2.35 bits per heavy atom. The lowest BCUT2D eigenvalue weighted by molar-refractivity contribution is -0.129. The fraction of sp³-hybridized carbons (Fsp3) is 0.348. The maximum Gasteiger partial charge on any atom is 0.233 e. The maximum atomic E-state index is 12.8. The van der Waals surface area contributed by atoms with Crippen molar-refractivity contribution in [1.82, 2.24) is 19.7 Å². The van der Waals surface area contributed by atoms with E-state index >= 15 is 0 Å². The number of aryl methyl sites for hydroxylation is 1. The zero-order valence-electron chi connectivity index (χ0n) is 18.2. The minimum Gasteiger partial charge on any atom is -0.383 e. The van der Waals surface area contributed by atoms with Crippen LogP contribution in [0.4, 0.5) is 0 Å². The summed E-state index contributed by atoms with van der Waals surface area (Å²) >= 11 is 1.38. The molecule has 3 aromatic rings. The number of nitrogens with zero attached hydrogens (tertiary/aromatic N) is 4. The second kappa shape index (κ2) is 11.6. The number of carbonyl (C=O) groups is 1. The molecule has 0 saturated carbocycles. The Kier molecular flexibility index (Phi) is 8.63. The maximum absolute atomic E-state index is 12.8. The molecule has 0 unspecified atom stereocenters. The van der Waals surface area contributed by atoms with E-state index in [0.717, 1.165) is 22.6 Å². The van der Waals surface area contributed by atoms with Crippen LogP contribution in [0, 0.1) is 6.92 Å². The first-order valence-electron chi connectivity index (χ1n) is 10.1. The van der Waals surface area contributed by atoms with Gasteiger partial charge in [-0.05, 0) is 24.6 Å². The highest BCUT2D eigenvalue weighted by atomic mass is 32.2. The topological polar surface area (TPSA) is 69.5 Å². The standard InChI is InChI=1S/C23H28N4O3S/c1-18-8-7-11-20(16-18)27-22(19-9-5-4-6-10-19)24-25-23(27)31-17-21(28)26(12-14-29-2)13-15-30-3/h4-11,16H,12-15,17H2,1-3H3. The quantitative estimate of drug-likeness (QED) is 0.426. The number of hydrogen-bond acceptors (Lipinski definition) is 6. The Balaban J connectivity index is 1.85. The minimum absolute atomic E-state index is 0.0131. The van der Waals surface area contributed by atoms with E-state index in [1.54, 1.807) is 19.1 Å². The Hall–Kier alpha value is -2.68.